The van der Waals surface area contributed by atoms with E-state index in [1.165, 1.54) is 40.0 Å². The van der Waals surface area contributed by atoms with Crippen molar-refractivity contribution in [3.8, 4) is 0 Å². The van der Waals surface area contributed by atoms with Gasteiger partial charge in [-0.05, 0) is 31.2 Å². The zero-order valence-electron chi connectivity index (χ0n) is 16.0. The van der Waals surface area contributed by atoms with Gasteiger partial charge in [-0.25, -0.2) is 9.97 Å². The Morgan fingerprint density at radius 1 is 0.893 bits per heavy atom. The quantitative estimate of drug-likeness (QED) is 0.731. The van der Waals surface area contributed by atoms with Gasteiger partial charge in [0.05, 0.1) is 5.39 Å². The highest BCUT2D eigenvalue weighted by atomic mass is 32.1. The Morgan fingerprint density at radius 2 is 1.64 bits per heavy atom. The molecule has 2 amide bonds. The van der Waals surface area contributed by atoms with E-state index in [2.05, 4.69) is 19.8 Å². The molecule has 2 aromatic heterocycles. The highest BCUT2D eigenvalue weighted by molar-refractivity contribution is 7.19. The monoisotopic (exact) mass is 399 g/mol. The lowest BCUT2D eigenvalue weighted by atomic mass is 9.97. The van der Waals surface area contributed by atoms with Crippen LogP contribution >= 0.6 is 11.3 Å². The number of hydrogen-bond acceptors (Lipinski definition) is 7. The van der Waals surface area contributed by atoms with Crippen molar-refractivity contribution in [1.82, 2.24) is 19.8 Å². The van der Waals surface area contributed by atoms with Gasteiger partial charge in [0.15, 0.2) is 0 Å². The molecule has 4 heterocycles. The number of thiophene rings is 1. The van der Waals surface area contributed by atoms with Crippen molar-refractivity contribution >= 4 is 39.2 Å². The summed E-state index contributed by atoms with van der Waals surface area (Å²) < 4.78 is 0. The van der Waals surface area contributed by atoms with Crippen LogP contribution < -0.4 is 4.90 Å². The molecule has 1 aliphatic carbocycles. The minimum Gasteiger partial charge on any atom is -0.353 e. The van der Waals surface area contributed by atoms with Crippen molar-refractivity contribution in [2.24, 2.45) is 0 Å². The summed E-state index contributed by atoms with van der Waals surface area (Å²) in [6, 6.07) is 0. The topological polar surface area (TPSA) is 69.6 Å². The third-order valence-electron chi connectivity index (χ3n) is 6.20. The standard InChI is InChI=1S/C20H25N5O2S/c26-16-5-6-17(27)25(16)12-9-23-7-10-24(11-8-23)19-18-14-3-1-2-4-15(14)28-20(18)22-13-21-19/h13H,1-12H2. The summed E-state index contributed by atoms with van der Waals surface area (Å²) in [7, 11) is 0. The molecule has 0 N–H and O–H groups in total. The van der Waals surface area contributed by atoms with Crippen molar-refractivity contribution in [3.05, 3.63) is 16.8 Å². The molecule has 3 aliphatic rings. The zero-order chi connectivity index (χ0) is 19.1. The number of piperazine rings is 1. The number of aromatic nitrogens is 2. The van der Waals surface area contributed by atoms with Gasteiger partial charge in [0.2, 0.25) is 11.8 Å². The van der Waals surface area contributed by atoms with E-state index >= 15 is 0 Å². The Labute approximate surface area is 168 Å². The molecule has 0 bridgehead atoms. The van der Waals surface area contributed by atoms with Gasteiger partial charge < -0.3 is 4.90 Å². The molecule has 7 nitrogen and oxygen atoms in total. The molecular formula is C20H25N5O2S. The smallest absolute Gasteiger partial charge is 0.229 e. The van der Waals surface area contributed by atoms with Crippen LogP contribution in [0.5, 0.6) is 0 Å². The van der Waals surface area contributed by atoms with E-state index < -0.39 is 0 Å². The van der Waals surface area contributed by atoms with Crippen LogP contribution in [0.25, 0.3) is 10.2 Å². The van der Waals surface area contributed by atoms with E-state index in [0.29, 0.717) is 19.4 Å². The number of anilines is 1. The molecule has 0 spiro atoms. The van der Waals surface area contributed by atoms with Crippen molar-refractivity contribution in [2.75, 3.05) is 44.2 Å². The number of amides is 2. The van der Waals surface area contributed by atoms with Gasteiger partial charge in [0.25, 0.3) is 0 Å². The lowest BCUT2D eigenvalue weighted by molar-refractivity contribution is -0.138. The molecule has 2 aliphatic heterocycles. The first-order valence-corrected chi connectivity index (χ1v) is 11.1. The average Bonchev–Trinajstić information content (AvgIpc) is 3.26. The number of carbonyl (C=O) groups is 2. The molecule has 28 heavy (non-hydrogen) atoms. The van der Waals surface area contributed by atoms with Crippen LogP contribution in [0.1, 0.15) is 36.1 Å². The maximum Gasteiger partial charge on any atom is 0.229 e. The summed E-state index contributed by atoms with van der Waals surface area (Å²) in [6.07, 6.45) is 7.32. The Kier molecular flexibility index (Phi) is 4.76. The molecule has 0 unspecified atom stereocenters. The first-order chi connectivity index (χ1) is 13.7. The molecule has 5 rings (SSSR count). The molecule has 0 atom stereocenters. The number of nitrogens with zero attached hydrogens (tertiary/aromatic N) is 5. The molecule has 0 saturated carbocycles. The third kappa shape index (κ3) is 3.18. The van der Waals surface area contributed by atoms with Crippen LogP contribution in [0.3, 0.4) is 0 Å². The summed E-state index contributed by atoms with van der Waals surface area (Å²) >= 11 is 1.84. The predicted octanol–water partition coefficient (Wildman–Crippen LogP) is 1.84. The highest BCUT2D eigenvalue weighted by Gasteiger charge is 2.30. The first-order valence-electron chi connectivity index (χ1n) is 10.3. The maximum absolute atomic E-state index is 11.8. The first kappa shape index (κ1) is 18.0. The molecule has 8 heteroatoms. The van der Waals surface area contributed by atoms with E-state index in [0.717, 1.165) is 49.8 Å². The van der Waals surface area contributed by atoms with Gasteiger partial charge >= 0.3 is 0 Å². The minimum atomic E-state index is -0.0192. The van der Waals surface area contributed by atoms with Crippen LogP contribution in [0, 0.1) is 0 Å². The summed E-state index contributed by atoms with van der Waals surface area (Å²) in [5.74, 6) is 1.05. The van der Waals surface area contributed by atoms with Gasteiger partial charge in [0.1, 0.15) is 17.0 Å². The summed E-state index contributed by atoms with van der Waals surface area (Å²) in [5.41, 5.74) is 1.48. The fourth-order valence-corrected chi connectivity index (χ4v) is 5.83. The second-order valence-corrected chi connectivity index (χ2v) is 8.94. The number of imide groups is 1. The molecule has 0 radical (unpaired) electrons. The van der Waals surface area contributed by atoms with Crippen molar-refractivity contribution < 1.29 is 9.59 Å². The fourth-order valence-electron chi connectivity index (χ4n) is 4.61. The van der Waals surface area contributed by atoms with Crippen LogP contribution in [0.4, 0.5) is 5.82 Å². The number of fused-ring (bicyclic) bond motifs is 3. The van der Waals surface area contributed by atoms with Gasteiger partial charge in [-0.2, -0.15) is 0 Å². The fraction of sp³-hybridized carbons (Fsp3) is 0.600. The van der Waals surface area contributed by atoms with E-state index in [1.54, 1.807) is 6.33 Å². The lowest BCUT2D eigenvalue weighted by Gasteiger charge is -2.36. The average molecular weight is 400 g/mol. The molecule has 0 aromatic carbocycles. The van der Waals surface area contributed by atoms with E-state index in [-0.39, 0.29) is 11.8 Å². The molecule has 2 saturated heterocycles. The summed E-state index contributed by atoms with van der Waals surface area (Å²) in [4.78, 5) is 41.6. The van der Waals surface area contributed by atoms with Gasteiger partial charge in [-0.3, -0.25) is 19.4 Å². The summed E-state index contributed by atoms with van der Waals surface area (Å²) in [6.45, 7) is 4.96. The number of carbonyl (C=O) groups excluding carboxylic acids is 2. The van der Waals surface area contributed by atoms with Gasteiger partial charge in [-0.1, -0.05) is 0 Å². The molecular weight excluding hydrogens is 374 g/mol. The Morgan fingerprint density at radius 3 is 2.43 bits per heavy atom. The van der Waals surface area contributed by atoms with Crippen LogP contribution in [-0.2, 0) is 22.4 Å². The van der Waals surface area contributed by atoms with E-state index in [9.17, 15) is 9.59 Å². The lowest BCUT2D eigenvalue weighted by Crippen LogP contribution is -2.49. The van der Waals surface area contributed by atoms with Gasteiger partial charge in [0, 0.05) is 57.0 Å². The van der Waals surface area contributed by atoms with Crippen molar-refractivity contribution in [2.45, 2.75) is 38.5 Å². The number of hydrogen-bond donors (Lipinski definition) is 0. The van der Waals surface area contributed by atoms with Crippen LogP contribution in [0.2, 0.25) is 0 Å². The SMILES string of the molecule is O=C1CCC(=O)N1CCN1CCN(c2ncnc3sc4c(c23)CCCC4)CC1. The number of rotatable bonds is 4. The largest absolute Gasteiger partial charge is 0.353 e. The van der Waals surface area contributed by atoms with Crippen LogP contribution in [-0.4, -0.2) is 70.9 Å². The van der Waals surface area contributed by atoms with Crippen LogP contribution in [0.15, 0.2) is 6.33 Å². The van der Waals surface area contributed by atoms with E-state index in [4.69, 9.17) is 0 Å². The van der Waals surface area contributed by atoms with Crippen molar-refractivity contribution in [1.29, 1.82) is 0 Å². The second-order valence-electron chi connectivity index (χ2n) is 7.86. The Hall–Kier alpha value is -2.06. The predicted molar refractivity (Wildman–Crippen MR) is 109 cm³/mol. The Balaban J connectivity index is 1.26. The zero-order valence-corrected chi connectivity index (χ0v) is 16.8. The molecule has 2 aromatic rings. The second kappa shape index (κ2) is 7.40. The molecule has 2 fully saturated rings. The Bertz CT molecular complexity index is 903. The van der Waals surface area contributed by atoms with Gasteiger partial charge in [-0.15, -0.1) is 11.3 Å². The third-order valence-corrected chi connectivity index (χ3v) is 7.40. The number of aryl methyl sites for hydroxylation is 2. The summed E-state index contributed by atoms with van der Waals surface area (Å²) in [5, 5.41) is 1.28. The maximum atomic E-state index is 11.8. The van der Waals surface area contributed by atoms with E-state index in [1.807, 2.05) is 11.3 Å². The highest BCUT2D eigenvalue weighted by Crippen LogP contribution is 2.39. The normalized spacial score (nSPS) is 21.0. The molecule has 148 valence electrons. The number of likely N-dealkylation sites (tertiary alicyclic amines) is 1. The van der Waals surface area contributed by atoms with Crippen molar-refractivity contribution in [3.63, 3.8) is 0 Å². The minimum absolute atomic E-state index is 0.0192.